The van der Waals surface area contributed by atoms with Gasteiger partial charge in [-0.25, -0.2) is 4.98 Å². The van der Waals surface area contributed by atoms with Gasteiger partial charge < -0.3 is 15.5 Å². The molecule has 26 heavy (non-hydrogen) atoms. The molecule has 140 valence electrons. The van der Waals surface area contributed by atoms with E-state index in [4.69, 9.17) is 0 Å². The van der Waals surface area contributed by atoms with Crippen molar-refractivity contribution in [2.45, 2.75) is 38.6 Å². The van der Waals surface area contributed by atoms with Crippen LogP contribution in [0.4, 0.5) is 5.69 Å². The number of aromatic nitrogens is 1. The summed E-state index contributed by atoms with van der Waals surface area (Å²) in [5.74, 6) is 0.886. The van der Waals surface area contributed by atoms with Gasteiger partial charge in [0, 0.05) is 55.9 Å². The zero-order valence-corrected chi connectivity index (χ0v) is 16.6. The fourth-order valence-electron chi connectivity index (χ4n) is 3.27. The number of hydrogen-bond donors (Lipinski definition) is 2. The van der Waals surface area contributed by atoms with Crippen LogP contribution in [0.3, 0.4) is 0 Å². The molecule has 1 aliphatic heterocycles. The van der Waals surface area contributed by atoms with Crippen LogP contribution in [-0.2, 0) is 12.8 Å². The molecule has 1 unspecified atom stereocenters. The SMILES string of the molecule is CCc1cnc(CCNC(=NC)NC2CCCN(c3ccccc3)C2)s1. The van der Waals surface area contributed by atoms with Crippen molar-refractivity contribution in [2.75, 3.05) is 31.6 Å². The number of thiazole rings is 1. The minimum absolute atomic E-state index is 0.418. The highest BCUT2D eigenvalue weighted by atomic mass is 32.1. The highest BCUT2D eigenvalue weighted by Crippen LogP contribution is 2.19. The lowest BCUT2D eigenvalue weighted by atomic mass is 10.1. The number of piperidine rings is 1. The lowest BCUT2D eigenvalue weighted by Gasteiger charge is -2.35. The summed E-state index contributed by atoms with van der Waals surface area (Å²) in [6.07, 6.45) is 6.37. The molecule has 0 saturated carbocycles. The minimum atomic E-state index is 0.418. The second-order valence-electron chi connectivity index (χ2n) is 6.59. The van der Waals surface area contributed by atoms with Crippen LogP contribution in [-0.4, -0.2) is 43.7 Å². The maximum atomic E-state index is 4.48. The van der Waals surface area contributed by atoms with Crippen molar-refractivity contribution in [3.63, 3.8) is 0 Å². The first kappa shape index (κ1) is 18.7. The Morgan fingerprint density at radius 3 is 2.92 bits per heavy atom. The van der Waals surface area contributed by atoms with Gasteiger partial charge in [0.1, 0.15) is 0 Å². The van der Waals surface area contributed by atoms with Gasteiger partial charge in [0.2, 0.25) is 0 Å². The number of nitrogens with zero attached hydrogens (tertiary/aromatic N) is 3. The van der Waals surface area contributed by atoms with E-state index in [-0.39, 0.29) is 0 Å². The fraction of sp³-hybridized carbons (Fsp3) is 0.500. The van der Waals surface area contributed by atoms with Crippen molar-refractivity contribution in [2.24, 2.45) is 4.99 Å². The molecule has 6 heteroatoms. The van der Waals surface area contributed by atoms with E-state index in [2.05, 4.69) is 62.8 Å². The Balaban J connectivity index is 1.46. The van der Waals surface area contributed by atoms with Crippen molar-refractivity contribution in [3.8, 4) is 0 Å². The monoisotopic (exact) mass is 371 g/mol. The van der Waals surface area contributed by atoms with E-state index in [0.29, 0.717) is 6.04 Å². The molecule has 3 rings (SSSR count). The van der Waals surface area contributed by atoms with E-state index in [9.17, 15) is 0 Å². The summed E-state index contributed by atoms with van der Waals surface area (Å²) in [7, 11) is 1.84. The average Bonchev–Trinajstić information content (AvgIpc) is 3.16. The summed E-state index contributed by atoms with van der Waals surface area (Å²) in [5.41, 5.74) is 1.30. The van der Waals surface area contributed by atoms with E-state index < -0.39 is 0 Å². The van der Waals surface area contributed by atoms with Crippen molar-refractivity contribution < 1.29 is 0 Å². The van der Waals surface area contributed by atoms with Gasteiger partial charge in [-0.15, -0.1) is 11.3 Å². The summed E-state index contributed by atoms with van der Waals surface area (Å²) < 4.78 is 0. The quantitative estimate of drug-likeness (QED) is 0.605. The molecule has 0 spiro atoms. The summed E-state index contributed by atoms with van der Waals surface area (Å²) >= 11 is 1.81. The Morgan fingerprint density at radius 1 is 1.35 bits per heavy atom. The van der Waals surface area contributed by atoms with E-state index in [1.165, 1.54) is 28.4 Å². The summed E-state index contributed by atoms with van der Waals surface area (Å²) in [6, 6.07) is 11.1. The zero-order valence-electron chi connectivity index (χ0n) is 15.7. The molecule has 1 atom stereocenters. The first-order valence-corrected chi connectivity index (χ1v) is 10.3. The van der Waals surface area contributed by atoms with Crippen LogP contribution in [0.25, 0.3) is 0 Å². The van der Waals surface area contributed by atoms with E-state index in [1.54, 1.807) is 0 Å². The topological polar surface area (TPSA) is 52.6 Å². The van der Waals surface area contributed by atoms with Gasteiger partial charge in [-0.1, -0.05) is 25.1 Å². The number of anilines is 1. The fourth-order valence-corrected chi connectivity index (χ4v) is 4.13. The standard InChI is InChI=1S/C20H29N5S/c1-3-18-14-23-19(26-18)11-12-22-20(21-2)24-16-8-7-13-25(15-16)17-9-5-4-6-10-17/h4-6,9-10,14,16H,3,7-8,11-13,15H2,1-2H3,(H2,21,22,24). The minimum Gasteiger partial charge on any atom is -0.369 e. The maximum Gasteiger partial charge on any atom is 0.191 e. The Labute approximate surface area is 160 Å². The molecular weight excluding hydrogens is 342 g/mol. The molecule has 5 nitrogen and oxygen atoms in total. The highest BCUT2D eigenvalue weighted by Gasteiger charge is 2.20. The Kier molecular flexibility index (Phi) is 6.89. The summed E-state index contributed by atoms with van der Waals surface area (Å²) in [5, 5.41) is 8.21. The first-order valence-electron chi connectivity index (χ1n) is 9.49. The largest absolute Gasteiger partial charge is 0.369 e. The second-order valence-corrected chi connectivity index (χ2v) is 7.79. The number of guanidine groups is 1. The summed E-state index contributed by atoms with van der Waals surface area (Å²) in [4.78, 5) is 12.7. The van der Waals surface area contributed by atoms with Crippen molar-refractivity contribution in [3.05, 3.63) is 46.4 Å². The van der Waals surface area contributed by atoms with Crippen LogP contribution < -0.4 is 15.5 Å². The number of benzene rings is 1. The molecule has 1 saturated heterocycles. The number of aliphatic imine (C=N–C) groups is 1. The highest BCUT2D eigenvalue weighted by molar-refractivity contribution is 7.11. The first-order chi connectivity index (χ1) is 12.8. The van der Waals surface area contributed by atoms with Crippen LogP contribution in [0.1, 0.15) is 29.7 Å². The zero-order chi connectivity index (χ0) is 18.2. The van der Waals surface area contributed by atoms with Gasteiger partial charge in [0.05, 0.1) is 5.01 Å². The molecule has 1 aromatic carbocycles. The molecule has 1 aromatic heterocycles. The number of hydrogen-bond acceptors (Lipinski definition) is 4. The third kappa shape index (κ3) is 5.21. The van der Waals surface area contributed by atoms with Crippen molar-refractivity contribution in [1.82, 2.24) is 15.6 Å². The Hall–Kier alpha value is -2.08. The van der Waals surface area contributed by atoms with Gasteiger partial charge in [0.15, 0.2) is 5.96 Å². The molecule has 2 heterocycles. The van der Waals surface area contributed by atoms with Crippen LogP contribution in [0.5, 0.6) is 0 Å². The van der Waals surface area contributed by atoms with Gasteiger partial charge in [-0.2, -0.15) is 0 Å². The lowest BCUT2D eigenvalue weighted by Crippen LogP contribution is -2.51. The molecule has 2 aromatic rings. The van der Waals surface area contributed by atoms with Crippen molar-refractivity contribution >= 4 is 23.0 Å². The second kappa shape index (κ2) is 9.57. The molecule has 1 fully saturated rings. The molecular formula is C20H29N5S. The van der Waals surface area contributed by atoms with Gasteiger partial charge in [0.25, 0.3) is 0 Å². The molecule has 2 N–H and O–H groups in total. The molecule has 1 aliphatic rings. The Bertz CT molecular complexity index is 697. The van der Waals surface area contributed by atoms with Gasteiger partial charge in [-0.3, -0.25) is 4.99 Å². The maximum absolute atomic E-state index is 4.48. The molecule has 0 aliphatic carbocycles. The molecule has 0 bridgehead atoms. The van der Waals surface area contributed by atoms with E-state index in [1.807, 2.05) is 24.6 Å². The van der Waals surface area contributed by atoms with Crippen molar-refractivity contribution in [1.29, 1.82) is 0 Å². The van der Waals surface area contributed by atoms with Crippen LogP contribution in [0.15, 0.2) is 41.5 Å². The third-order valence-corrected chi connectivity index (χ3v) is 5.89. The molecule has 0 radical (unpaired) electrons. The van der Waals surface area contributed by atoms with Crippen LogP contribution >= 0.6 is 11.3 Å². The van der Waals surface area contributed by atoms with E-state index >= 15 is 0 Å². The summed E-state index contributed by atoms with van der Waals surface area (Å²) in [6.45, 7) is 5.16. The smallest absolute Gasteiger partial charge is 0.191 e. The van der Waals surface area contributed by atoms with Crippen LogP contribution in [0, 0.1) is 0 Å². The molecule has 0 amide bonds. The number of rotatable bonds is 6. The average molecular weight is 372 g/mol. The van der Waals surface area contributed by atoms with Gasteiger partial charge >= 0.3 is 0 Å². The number of para-hydroxylation sites is 1. The number of aryl methyl sites for hydroxylation is 1. The van der Waals surface area contributed by atoms with E-state index in [0.717, 1.165) is 38.4 Å². The van der Waals surface area contributed by atoms with Gasteiger partial charge in [-0.05, 0) is 31.4 Å². The van der Waals surface area contributed by atoms with Crippen LogP contribution in [0.2, 0.25) is 0 Å². The third-order valence-electron chi connectivity index (χ3n) is 4.69. The Morgan fingerprint density at radius 2 is 2.19 bits per heavy atom. The predicted octanol–water partition coefficient (Wildman–Crippen LogP) is 3.08. The normalized spacial score (nSPS) is 18.0. The predicted molar refractivity (Wildman–Crippen MR) is 111 cm³/mol. The lowest BCUT2D eigenvalue weighted by molar-refractivity contribution is 0.468. The number of nitrogens with one attached hydrogen (secondary N) is 2.